The highest BCUT2D eigenvalue weighted by Crippen LogP contribution is 2.34. The fourth-order valence-electron chi connectivity index (χ4n) is 3.83. The third-order valence-corrected chi connectivity index (χ3v) is 5.33. The summed E-state index contributed by atoms with van der Waals surface area (Å²) in [6.07, 6.45) is 0.926. The quantitative estimate of drug-likeness (QED) is 0.667. The Morgan fingerprint density at radius 2 is 1.69 bits per heavy atom. The Bertz CT molecular complexity index is 765. The molecule has 1 saturated heterocycles. The van der Waals surface area contributed by atoms with Crippen LogP contribution in [0.15, 0.2) is 30.0 Å². The molecule has 1 aromatic carbocycles. The SMILES string of the molecule is CCCOc1ccc(C2=C(N3CCN(CCO)CC3)C(=O)N(C(C)C)C2=O)cc1. The van der Waals surface area contributed by atoms with Crippen molar-refractivity contribution < 1.29 is 19.4 Å². The van der Waals surface area contributed by atoms with Gasteiger partial charge in [-0.15, -0.1) is 0 Å². The number of carbonyl (C=O) groups is 2. The molecule has 1 fully saturated rings. The minimum absolute atomic E-state index is 0.124. The van der Waals surface area contributed by atoms with Crippen LogP contribution in [0.1, 0.15) is 32.8 Å². The Balaban J connectivity index is 1.92. The summed E-state index contributed by atoms with van der Waals surface area (Å²) in [5.41, 5.74) is 1.71. The van der Waals surface area contributed by atoms with E-state index >= 15 is 0 Å². The van der Waals surface area contributed by atoms with Crippen LogP contribution in [0.4, 0.5) is 0 Å². The summed E-state index contributed by atoms with van der Waals surface area (Å²) in [4.78, 5) is 31.9. The standard InChI is InChI=1S/C22H31N3O4/c1-4-15-29-18-7-5-17(6-8-18)19-20(22(28)25(16(2)3)21(19)27)24-11-9-23(10-12-24)13-14-26/h5-8,16,26H,4,9-15H2,1-3H3. The lowest BCUT2D eigenvalue weighted by molar-refractivity contribution is -0.139. The number of nitrogens with zero attached hydrogens (tertiary/aromatic N) is 3. The zero-order chi connectivity index (χ0) is 21.0. The molecule has 2 aliphatic rings. The maximum Gasteiger partial charge on any atom is 0.278 e. The van der Waals surface area contributed by atoms with Crippen molar-refractivity contribution in [3.63, 3.8) is 0 Å². The average molecular weight is 402 g/mol. The van der Waals surface area contributed by atoms with Crippen LogP contribution in [0.5, 0.6) is 5.75 Å². The van der Waals surface area contributed by atoms with Crippen LogP contribution >= 0.6 is 0 Å². The number of hydrogen-bond acceptors (Lipinski definition) is 6. The molecule has 3 rings (SSSR count). The summed E-state index contributed by atoms with van der Waals surface area (Å²) in [6, 6.07) is 7.22. The second-order valence-corrected chi connectivity index (χ2v) is 7.72. The van der Waals surface area contributed by atoms with Crippen molar-refractivity contribution in [1.29, 1.82) is 0 Å². The van der Waals surface area contributed by atoms with E-state index in [2.05, 4.69) is 11.8 Å². The van der Waals surface area contributed by atoms with E-state index in [4.69, 9.17) is 9.84 Å². The first-order valence-corrected chi connectivity index (χ1v) is 10.4. The summed E-state index contributed by atoms with van der Waals surface area (Å²) in [6.45, 7) is 9.98. The number of ether oxygens (including phenoxy) is 1. The van der Waals surface area contributed by atoms with E-state index in [-0.39, 0.29) is 24.5 Å². The predicted octanol–water partition coefficient (Wildman–Crippen LogP) is 1.57. The number of benzene rings is 1. The summed E-state index contributed by atoms with van der Waals surface area (Å²) in [5.74, 6) is 0.301. The van der Waals surface area contributed by atoms with Crippen molar-refractivity contribution in [2.75, 3.05) is 45.9 Å². The maximum absolute atomic E-state index is 13.2. The Hall–Kier alpha value is -2.38. The van der Waals surface area contributed by atoms with Crippen LogP contribution in [0.2, 0.25) is 0 Å². The molecule has 7 nitrogen and oxygen atoms in total. The smallest absolute Gasteiger partial charge is 0.278 e. The molecular formula is C22H31N3O4. The first-order chi connectivity index (χ1) is 14.0. The van der Waals surface area contributed by atoms with Gasteiger partial charge in [-0.3, -0.25) is 19.4 Å². The molecule has 0 aliphatic carbocycles. The molecular weight excluding hydrogens is 370 g/mol. The lowest BCUT2D eigenvalue weighted by Gasteiger charge is -2.36. The van der Waals surface area contributed by atoms with Gasteiger partial charge in [-0.25, -0.2) is 0 Å². The summed E-state index contributed by atoms with van der Waals surface area (Å²) >= 11 is 0. The van der Waals surface area contributed by atoms with Gasteiger partial charge < -0.3 is 14.7 Å². The highest BCUT2D eigenvalue weighted by Gasteiger charge is 2.43. The Labute approximate surface area is 172 Å². The summed E-state index contributed by atoms with van der Waals surface area (Å²) in [7, 11) is 0. The first-order valence-electron chi connectivity index (χ1n) is 10.4. The molecule has 0 bridgehead atoms. The molecule has 2 heterocycles. The highest BCUT2D eigenvalue weighted by atomic mass is 16.5. The minimum Gasteiger partial charge on any atom is -0.494 e. The molecule has 0 saturated carbocycles. The lowest BCUT2D eigenvalue weighted by Crippen LogP contribution is -2.48. The van der Waals surface area contributed by atoms with Crippen LogP contribution in [0, 0.1) is 0 Å². The predicted molar refractivity (Wildman–Crippen MR) is 111 cm³/mol. The lowest BCUT2D eigenvalue weighted by atomic mass is 10.0. The summed E-state index contributed by atoms with van der Waals surface area (Å²) < 4.78 is 5.64. The van der Waals surface area contributed by atoms with Gasteiger partial charge in [-0.05, 0) is 38.0 Å². The zero-order valence-corrected chi connectivity index (χ0v) is 17.6. The van der Waals surface area contributed by atoms with Crippen LogP contribution in [0.3, 0.4) is 0 Å². The van der Waals surface area contributed by atoms with Crippen molar-refractivity contribution in [3.8, 4) is 5.75 Å². The maximum atomic E-state index is 13.2. The van der Waals surface area contributed by atoms with Gasteiger partial charge in [-0.2, -0.15) is 0 Å². The number of amides is 2. The number of aliphatic hydroxyl groups excluding tert-OH is 1. The van der Waals surface area contributed by atoms with E-state index < -0.39 is 0 Å². The van der Waals surface area contributed by atoms with E-state index in [9.17, 15) is 9.59 Å². The van der Waals surface area contributed by atoms with Crippen molar-refractivity contribution >= 4 is 17.4 Å². The van der Waals surface area contributed by atoms with Gasteiger partial charge in [0.1, 0.15) is 11.4 Å². The fraction of sp³-hybridized carbons (Fsp3) is 0.545. The second kappa shape index (κ2) is 9.41. The van der Waals surface area contributed by atoms with E-state index in [0.717, 1.165) is 30.8 Å². The van der Waals surface area contributed by atoms with Crippen molar-refractivity contribution in [2.24, 2.45) is 0 Å². The number of rotatable bonds is 8. The number of β-amino-alcohol motifs (C(OH)–C–C–N with tert-alkyl or cyclic N) is 1. The molecule has 7 heteroatoms. The molecule has 0 radical (unpaired) electrons. The number of piperazine rings is 1. The average Bonchev–Trinajstić information content (AvgIpc) is 2.98. The zero-order valence-electron chi connectivity index (χ0n) is 17.6. The number of aliphatic hydroxyl groups is 1. The molecule has 1 aromatic rings. The Kier molecular flexibility index (Phi) is 6.92. The van der Waals surface area contributed by atoms with E-state index in [1.165, 1.54) is 4.90 Å². The van der Waals surface area contributed by atoms with Gasteiger partial charge in [0, 0.05) is 38.8 Å². The fourth-order valence-corrected chi connectivity index (χ4v) is 3.83. The van der Waals surface area contributed by atoms with Gasteiger partial charge in [0.25, 0.3) is 11.8 Å². The molecule has 0 spiro atoms. The highest BCUT2D eigenvalue weighted by molar-refractivity contribution is 6.35. The van der Waals surface area contributed by atoms with Gasteiger partial charge in [0.05, 0.1) is 18.8 Å². The molecule has 0 atom stereocenters. The number of hydrogen-bond donors (Lipinski definition) is 1. The van der Waals surface area contributed by atoms with Gasteiger partial charge in [-0.1, -0.05) is 19.1 Å². The molecule has 158 valence electrons. The topological polar surface area (TPSA) is 73.3 Å². The van der Waals surface area contributed by atoms with Crippen LogP contribution < -0.4 is 4.74 Å². The number of imide groups is 1. The third-order valence-electron chi connectivity index (χ3n) is 5.33. The van der Waals surface area contributed by atoms with Crippen molar-refractivity contribution in [2.45, 2.75) is 33.2 Å². The van der Waals surface area contributed by atoms with E-state index in [0.29, 0.717) is 37.5 Å². The Morgan fingerprint density at radius 3 is 2.24 bits per heavy atom. The largest absolute Gasteiger partial charge is 0.494 e. The molecule has 1 N–H and O–H groups in total. The van der Waals surface area contributed by atoms with Crippen LogP contribution in [-0.2, 0) is 9.59 Å². The van der Waals surface area contributed by atoms with Crippen molar-refractivity contribution in [3.05, 3.63) is 35.5 Å². The second-order valence-electron chi connectivity index (χ2n) is 7.72. The molecule has 2 aliphatic heterocycles. The number of carbonyl (C=O) groups excluding carboxylic acids is 2. The van der Waals surface area contributed by atoms with Gasteiger partial charge in [0.2, 0.25) is 0 Å². The van der Waals surface area contributed by atoms with E-state index in [1.807, 2.05) is 43.0 Å². The first kappa shape index (κ1) is 21.3. The minimum atomic E-state index is -0.236. The molecule has 0 aromatic heterocycles. The van der Waals surface area contributed by atoms with E-state index in [1.54, 1.807) is 0 Å². The Morgan fingerprint density at radius 1 is 1.03 bits per heavy atom. The summed E-state index contributed by atoms with van der Waals surface area (Å²) in [5, 5.41) is 9.16. The molecule has 2 amide bonds. The third kappa shape index (κ3) is 4.46. The van der Waals surface area contributed by atoms with Gasteiger partial charge in [0.15, 0.2) is 0 Å². The molecule has 0 unspecified atom stereocenters. The monoisotopic (exact) mass is 401 g/mol. The molecule has 29 heavy (non-hydrogen) atoms. The van der Waals surface area contributed by atoms with Crippen molar-refractivity contribution in [1.82, 2.24) is 14.7 Å². The van der Waals surface area contributed by atoms with Gasteiger partial charge >= 0.3 is 0 Å². The van der Waals surface area contributed by atoms with Crippen LogP contribution in [0.25, 0.3) is 5.57 Å². The van der Waals surface area contributed by atoms with Crippen LogP contribution in [-0.4, -0.2) is 83.6 Å². The normalized spacial score (nSPS) is 18.4.